The van der Waals surface area contributed by atoms with Crippen LogP contribution in [0.5, 0.6) is 5.75 Å². The number of amides is 2. The third-order valence-electron chi connectivity index (χ3n) is 5.27. The molecule has 0 radical (unpaired) electrons. The molecule has 0 fully saturated rings. The van der Waals surface area contributed by atoms with Crippen molar-refractivity contribution < 1.29 is 14.3 Å². The largest absolute Gasteiger partial charge is 0.497 e. The van der Waals surface area contributed by atoms with Gasteiger partial charge in [-0.05, 0) is 52.7 Å². The van der Waals surface area contributed by atoms with Crippen molar-refractivity contribution in [2.24, 2.45) is 7.05 Å². The van der Waals surface area contributed by atoms with Crippen molar-refractivity contribution in [3.63, 3.8) is 0 Å². The Labute approximate surface area is 201 Å². The van der Waals surface area contributed by atoms with E-state index < -0.39 is 0 Å². The lowest BCUT2D eigenvalue weighted by Crippen LogP contribution is -2.26. The Bertz CT molecular complexity index is 1340. The predicted octanol–water partition coefficient (Wildman–Crippen LogP) is 3.98. The molecule has 0 aliphatic heterocycles. The van der Waals surface area contributed by atoms with Crippen LogP contribution >= 0.6 is 11.8 Å². The van der Waals surface area contributed by atoms with Gasteiger partial charge in [-0.25, -0.2) is 0 Å². The van der Waals surface area contributed by atoms with E-state index in [9.17, 15) is 9.59 Å². The number of anilines is 1. The number of nitrogens with one attached hydrogen (secondary N) is 1. The first-order valence-corrected chi connectivity index (χ1v) is 11.6. The first-order chi connectivity index (χ1) is 16.4. The molecule has 4 aromatic rings. The van der Waals surface area contributed by atoms with Crippen LogP contribution in [0.15, 0.2) is 72.1 Å². The fourth-order valence-electron chi connectivity index (χ4n) is 3.53. The Hall–Kier alpha value is -3.85. The zero-order chi connectivity index (χ0) is 24.1. The summed E-state index contributed by atoms with van der Waals surface area (Å²) in [4.78, 5) is 27.0. The van der Waals surface area contributed by atoms with Gasteiger partial charge < -0.3 is 19.5 Å². The Morgan fingerprint density at radius 3 is 2.65 bits per heavy atom. The maximum absolute atomic E-state index is 13.0. The molecule has 0 unspecified atom stereocenters. The highest BCUT2D eigenvalue weighted by Crippen LogP contribution is 2.23. The zero-order valence-electron chi connectivity index (χ0n) is 19.2. The van der Waals surface area contributed by atoms with Crippen molar-refractivity contribution in [1.82, 2.24) is 19.7 Å². The van der Waals surface area contributed by atoms with Crippen molar-refractivity contribution in [3.8, 4) is 5.75 Å². The van der Waals surface area contributed by atoms with Gasteiger partial charge in [0, 0.05) is 31.9 Å². The van der Waals surface area contributed by atoms with E-state index in [2.05, 4.69) is 21.6 Å². The average Bonchev–Trinajstić information content (AvgIpc) is 3.26. The number of hydrogen-bond acceptors (Lipinski definition) is 6. The number of aryl methyl sites for hydroxylation is 1. The van der Waals surface area contributed by atoms with Crippen molar-refractivity contribution in [2.45, 2.75) is 11.7 Å². The van der Waals surface area contributed by atoms with Gasteiger partial charge in [0.1, 0.15) is 12.1 Å². The van der Waals surface area contributed by atoms with Gasteiger partial charge in [-0.15, -0.1) is 10.2 Å². The molecule has 9 heteroatoms. The fraction of sp³-hybridized carbons (Fsp3) is 0.200. The Morgan fingerprint density at radius 2 is 1.88 bits per heavy atom. The van der Waals surface area contributed by atoms with Crippen molar-refractivity contribution in [1.29, 1.82) is 0 Å². The number of hydrogen-bond donors (Lipinski definition) is 1. The van der Waals surface area contributed by atoms with Gasteiger partial charge in [-0.3, -0.25) is 9.59 Å². The first-order valence-electron chi connectivity index (χ1n) is 10.6. The zero-order valence-corrected chi connectivity index (χ0v) is 20.0. The molecule has 174 valence electrons. The second kappa shape index (κ2) is 10.4. The number of ether oxygens (including phenoxy) is 1. The van der Waals surface area contributed by atoms with Gasteiger partial charge in [-0.2, -0.15) is 0 Å². The molecule has 0 saturated heterocycles. The van der Waals surface area contributed by atoms with Crippen LogP contribution in [-0.4, -0.2) is 51.4 Å². The van der Waals surface area contributed by atoms with Crippen LogP contribution in [0.3, 0.4) is 0 Å². The highest BCUT2D eigenvalue weighted by molar-refractivity contribution is 7.99. The fourth-order valence-corrected chi connectivity index (χ4v) is 4.21. The van der Waals surface area contributed by atoms with E-state index in [1.165, 1.54) is 11.8 Å². The van der Waals surface area contributed by atoms with E-state index >= 15 is 0 Å². The number of carbonyl (C=O) groups is 2. The molecule has 0 aliphatic carbocycles. The van der Waals surface area contributed by atoms with Crippen molar-refractivity contribution >= 4 is 40.0 Å². The molecule has 0 atom stereocenters. The van der Waals surface area contributed by atoms with Crippen LogP contribution in [0.25, 0.3) is 10.8 Å². The molecule has 1 heterocycles. The van der Waals surface area contributed by atoms with Gasteiger partial charge in [0.15, 0.2) is 5.16 Å². The molecule has 0 bridgehead atoms. The molecule has 8 nitrogen and oxygen atoms in total. The number of carbonyl (C=O) groups excluding carboxylic acids is 2. The number of thioether (sulfide) groups is 1. The van der Waals surface area contributed by atoms with Crippen LogP contribution in [0, 0.1) is 0 Å². The molecular weight excluding hydrogens is 450 g/mol. The summed E-state index contributed by atoms with van der Waals surface area (Å²) in [7, 11) is 5.24. The molecule has 4 rings (SSSR count). The summed E-state index contributed by atoms with van der Waals surface area (Å²) in [6.07, 6.45) is 1.58. The molecule has 0 aliphatic rings. The van der Waals surface area contributed by atoms with E-state index in [1.807, 2.05) is 37.4 Å². The van der Waals surface area contributed by atoms with E-state index in [4.69, 9.17) is 4.74 Å². The summed E-state index contributed by atoms with van der Waals surface area (Å²) in [5, 5.41) is 13.4. The quantitative estimate of drug-likeness (QED) is 0.388. The summed E-state index contributed by atoms with van der Waals surface area (Å²) in [6.45, 7) is 0.464. The second-order valence-electron chi connectivity index (χ2n) is 7.85. The molecular formula is C25H25N5O3S. The smallest absolute Gasteiger partial charge is 0.253 e. The van der Waals surface area contributed by atoms with E-state index in [-0.39, 0.29) is 17.6 Å². The summed E-state index contributed by atoms with van der Waals surface area (Å²) in [5.41, 5.74) is 2.10. The van der Waals surface area contributed by atoms with Crippen molar-refractivity contribution in [3.05, 3.63) is 78.1 Å². The number of aromatic nitrogens is 3. The molecule has 1 aromatic heterocycles. The number of fused-ring (bicyclic) bond motifs is 1. The van der Waals surface area contributed by atoms with Crippen LogP contribution in [0.1, 0.15) is 15.9 Å². The van der Waals surface area contributed by atoms with Gasteiger partial charge >= 0.3 is 0 Å². The monoisotopic (exact) mass is 475 g/mol. The third-order valence-corrected chi connectivity index (χ3v) is 6.31. The summed E-state index contributed by atoms with van der Waals surface area (Å²) < 4.78 is 7.03. The molecule has 3 aromatic carbocycles. The topological polar surface area (TPSA) is 89.3 Å². The van der Waals surface area contributed by atoms with Gasteiger partial charge in [0.05, 0.1) is 12.9 Å². The predicted molar refractivity (Wildman–Crippen MR) is 133 cm³/mol. The van der Waals surface area contributed by atoms with Gasteiger partial charge in [0.2, 0.25) is 5.91 Å². The van der Waals surface area contributed by atoms with Crippen LogP contribution < -0.4 is 10.1 Å². The minimum Gasteiger partial charge on any atom is -0.497 e. The minimum atomic E-state index is -0.182. The minimum absolute atomic E-state index is 0.126. The van der Waals surface area contributed by atoms with E-state index in [1.54, 1.807) is 54.2 Å². The number of benzene rings is 3. The average molecular weight is 476 g/mol. The van der Waals surface area contributed by atoms with Crippen LogP contribution in [-0.2, 0) is 18.4 Å². The van der Waals surface area contributed by atoms with Crippen LogP contribution in [0.2, 0.25) is 0 Å². The lowest BCUT2D eigenvalue weighted by molar-refractivity contribution is -0.113. The normalized spacial score (nSPS) is 10.8. The Kier molecular flexibility index (Phi) is 7.12. The molecule has 34 heavy (non-hydrogen) atoms. The Balaban J connectivity index is 1.38. The Morgan fingerprint density at radius 1 is 1.09 bits per heavy atom. The van der Waals surface area contributed by atoms with E-state index in [0.29, 0.717) is 23.0 Å². The summed E-state index contributed by atoms with van der Waals surface area (Å²) in [6, 6.07) is 19.0. The SMILES string of the molecule is COc1ccc2cc(CN(C)C(=O)c3cccc(NC(=O)CSc4nncn4C)c3)ccc2c1. The first kappa shape index (κ1) is 23.3. The molecule has 0 saturated carbocycles. The maximum atomic E-state index is 13.0. The lowest BCUT2D eigenvalue weighted by atomic mass is 10.1. The summed E-state index contributed by atoms with van der Waals surface area (Å²) in [5.74, 6) is 0.697. The highest BCUT2D eigenvalue weighted by atomic mass is 32.2. The lowest BCUT2D eigenvalue weighted by Gasteiger charge is -2.18. The van der Waals surface area contributed by atoms with Crippen molar-refractivity contribution in [2.75, 3.05) is 25.2 Å². The molecule has 2 amide bonds. The standard InChI is InChI=1S/C25H25N5O3S/c1-29(14-17-7-8-19-13-22(33-3)10-9-18(19)11-17)24(32)20-5-4-6-21(12-20)27-23(31)15-34-25-28-26-16-30(25)2/h4-13,16H,14-15H2,1-3H3,(H,27,31). The molecule has 0 spiro atoms. The van der Waals surface area contributed by atoms with E-state index in [0.717, 1.165) is 22.1 Å². The highest BCUT2D eigenvalue weighted by Gasteiger charge is 2.14. The van der Waals surface area contributed by atoms with Gasteiger partial charge in [-0.1, -0.05) is 36.0 Å². The summed E-state index contributed by atoms with van der Waals surface area (Å²) >= 11 is 1.30. The number of methoxy groups -OCH3 is 1. The van der Waals surface area contributed by atoms with Gasteiger partial charge in [0.25, 0.3) is 5.91 Å². The number of nitrogens with zero attached hydrogens (tertiary/aromatic N) is 4. The molecule has 1 N–H and O–H groups in total. The maximum Gasteiger partial charge on any atom is 0.253 e. The van der Waals surface area contributed by atoms with Crippen LogP contribution in [0.4, 0.5) is 5.69 Å². The second-order valence-corrected chi connectivity index (χ2v) is 8.79. The third kappa shape index (κ3) is 5.55. The number of rotatable bonds is 8.